The SMILES string of the molecule is CCCCC/C(=C/C/C(=C/C/C=C/C/C=C/CCCC=O)[N+](=O)[O-])[N+](=O)[O-]. The zero-order chi connectivity index (χ0) is 20.3. The van der Waals surface area contributed by atoms with E-state index in [2.05, 4.69) is 0 Å². The van der Waals surface area contributed by atoms with Crippen molar-refractivity contribution >= 4 is 6.29 Å². The van der Waals surface area contributed by atoms with Gasteiger partial charge in [0.2, 0.25) is 11.4 Å². The third-order valence-electron chi connectivity index (χ3n) is 3.84. The van der Waals surface area contributed by atoms with Gasteiger partial charge in [-0.3, -0.25) is 20.2 Å². The molecule has 0 saturated heterocycles. The summed E-state index contributed by atoms with van der Waals surface area (Å²) < 4.78 is 0. The highest BCUT2D eigenvalue weighted by atomic mass is 16.6. The van der Waals surface area contributed by atoms with Crippen LogP contribution in [-0.2, 0) is 4.79 Å². The van der Waals surface area contributed by atoms with Gasteiger partial charge in [0.15, 0.2) is 0 Å². The largest absolute Gasteiger partial charge is 0.303 e. The van der Waals surface area contributed by atoms with Crippen molar-refractivity contribution in [2.45, 2.75) is 71.1 Å². The summed E-state index contributed by atoms with van der Waals surface area (Å²) in [5, 5.41) is 22.1. The fourth-order valence-electron chi connectivity index (χ4n) is 2.29. The second-order valence-electron chi connectivity index (χ2n) is 6.08. The van der Waals surface area contributed by atoms with Crippen LogP contribution in [0.2, 0.25) is 0 Å². The predicted octanol–water partition coefficient (Wildman–Crippen LogP) is 5.54. The number of rotatable bonds is 16. The van der Waals surface area contributed by atoms with Gasteiger partial charge in [-0.05, 0) is 44.3 Å². The number of nitro groups is 2. The highest BCUT2D eigenvalue weighted by molar-refractivity contribution is 5.49. The van der Waals surface area contributed by atoms with Crippen LogP contribution < -0.4 is 0 Å². The molecule has 0 radical (unpaired) electrons. The molecular weight excluding hydrogens is 348 g/mol. The lowest BCUT2D eigenvalue weighted by molar-refractivity contribution is -0.432. The molecule has 0 atom stereocenters. The third kappa shape index (κ3) is 14.3. The highest BCUT2D eigenvalue weighted by Crippen LogP contribution is 2.14. The lowest BCUT2D eigenvalue weighted by atomic mass is 10.1. The van der Waals surface area contributed by atoms with Crippen LogP contribution in [0, 0.1) is 20.2 Å². The summed E-state index contributed by atoms with van der Waals surface area (Å²) in [6.45, 7) is 2.01. The zero-order valence-corrected chi connectivity index (χ0v) is 16.0. The Morgan fingerprint density at radius 1 is 0.815 bits per heavy atom. The second-order valence-corrected chi connectivity index (χ2v) is 6.08. The maximum absolute atomic E-state index is 11.1. The topological polar surface area (TPSA) is 103 Å². The highest BCUT2D eigenvalue weighted by Gasteiger charge is 2.14. The van der Waals surface area contributed by atoms with E-state index in [4.69, 9.17) is 0 Å². The Morgan fingerprint density at radius 2 is 1.48 bits per heavy atom. The minimum Gasteiger partial charge on any atom is -0.303 e. The third-order valence-corrected chi connectivity index (χ3v) is 3.84. The van der Waals surface area contributed by atoms with Gasteiger partial charge in [0.05, 0.1) is 16.3 Å². The van der Waals surface area contributed by atoms with Gasteiger partial charge in [-0.1, -0.05) is 44.1 Å². The summed E-state index contributed by atoms with van der Waals surface area (Å²) in [6, 6.07) is 0. The van der Waals surface area contributed by atoms with E-state index in [0.717, 1.165) is 38.4 Å². The molecule has 0 aliphatic heterocycles. The molecule has 7 heteroatoms. The van der Waals surface area contributed by atoms with E-state index < -0.39 is 9.85 Å². The molecule has 0 aliphatic carbocycles. The Bertz CT molecular complexity index is 577. The predicted molar refractivity (Wildman–Crippen MR) is 106 cm³/mol. The molecule has 7 nitrogen and oxygen atoms in total. The Labute approximate surface area is 160 Å². The van der Waals surface area contributed by atoms with Crippen LogP contribution in [-0.4, -0.2) is 16.1 Å². The fraction of sp³-hybridized carbons (Fsp3) is 0.550. The molecule has 0 aromatic rings. The lowest BCUT2D eigenvalue weighted by Crippen LogP contribution is -2.02. The summed E-state index contributed by atoms with van der Waals surface area (Å²) in [5.74, 6) is 0. The number of carbonyl (C=O) groups is 1. The summed E-state index contributed by atoms with van der Waals surface area (Å²) in [5.41, 5.74) is 0.0188. The molecule has 0 aliphatic rings. The Morgan fingerprint density at radius 3 is 2.11 bits per heavy atom. The van der Waals surface area contributed by atoms with E-state index >= 15 is 0 Å². The van der Waals surface area contributed by atoms with Crippen molar-refractivity contribution in [2.75, 3.05) is 0 Å². The van der Waals surface area contributed by atoms with Crippen molar-refractivity contribution < 1.29 is 14.6 Å². The van der Waals surface area contributed by atoms with Gasteiger partial charge in [-0.2, -0.15) is 0 Å². The molecule has 0 rings (SSSR count). The smallest absolute Gasteiger partial charge is 0.246 e. The molecule has 27 heavy (non-hydrogen) atoms. The van der Waals surface area contributed by atoms with E-state index in [-0.39, 0.29) is 17.8 Å². The normalized spacial score (nSPS) is 12.8. The van der Waals surface area contributed by atoms with Crippen LogP contribution in [0.1, 0.15) is 71.1 Å². The Balaban J connectivity index is 4.49. The maximum atomic E-state index is 11.1. The van der Waals surface area contributed by atoms with Gasteiger partial charge in [-0.25, -0.2) is 0 Å². The summed E-state index contributed by atoms with van der Waals surface area (Å²) in [4.78, 5) is 31.4. The van der Waals surface area contributed by atoms with Crippen LogP contribution in [0.5, 0.6) is 0 Å². The first-order chi connectivity index (χ1) is 13.0. The molecule has 0 saturated carbocycles. The second kappa shape index (κ2) is 16.9. The number of unbranched alkanes of at least 4 members (excludes halogenated alkanes) is 4. The first kappa shape index (κ1) is 24.4. The van der Waals surface area contributed by atoms with E-state index in [0.29, 0.717) is 25.7 Å². The van der Waals surface area contributed by atoms with E-state index in [1.165, 1.54) is 12.2 Å². The number of allylic oxidation sites excluding steroid dienone is 7. The van der Waals surface area contributed by atoms with Crippen molar-refractivity contribution in [3.05, 3.63) is 68.1 Å². The molecular formula is C20H30N2O5. The van der Waals surface area contributed by atoms with E-state index in [1.54, 1.807) is 0 Å². The molecule has 150 valence electrons. The van der Waals surface area contributed by atoms with E-state index in [9.17, 15) is 25.0 Å². The van der Waals surface area contributed by atoms with Crippen molar-refractivity contribution in [3.63, 3.8) is 0 Å². The van der Waals surface area contributed by atoms with Crippen molar-refractivity contribution in [1.82, 2.24) is 0 Å². The summed E-state index contributed by atoms with van der Waals surface area (Å²) in [7, 11) is 0. The molecule has 0 N–H and O–H groups in total. The molecule has 0 aromatic carbocycles. The molecule has 0 spiro atoms. The van der Waals surface area contributed by atoms with Gasteiger partial charge in [0, 0.05) is 12.8 Å². The number of hydrogen-bond donors (Lipinski definition) is 0. The molecule has 0 aromatic heterocycles. The molecule has 0 bridgehead atoms. The first-order valence-electron chi connectivity index (χ1n) is 9.43. The minimum absolute atomic E-state index is 0.0288. The number of aldehydes is 1. The van der Waals surface area contributed by atoms with Crippen molar-refractivity contribution in [3.8, 4) is 0 Å². The maximum Gasteiger partial charge on any atom is 0.246 e. The minimum atomic E-state index is -0.485. The molecule has 0 fully saturated rings. The van der Waals surface area contributed by atoms with Gasteiger partial charge < -0.3 is 4.79 Å². The van der Waals surface area contributed by atoms with Crippen LogP contribution in [0.4, 0.5) is 0 Å². The molecule has 0 amide bonds. The van der Waals surface area contributed by atoms with Gasteiger partial charge in [0.1, 0.15) is 6.29 Å². The summed E-state index contributed by atoms with van der Waals surface area (Å²) >= 11 is 0. The zero-order valence-electron chi connectivity index (χ0n) is 16.0. The van der Waals surface area contributed by atoms with Crippen LogP contribution in [0.15, 0.2) is 47.9 Å². The van der Waals surface area contributed by atoms with Crippen LogP contribution in [0.3, 0.4) is 0 Å². The average molecular weight is 378 g/mol. The van der Waals surface area contributed by atoms with Gasteiger partial charge in [-0.15, -0.1) is 0 Å². The number of hydrogen-bond acceptors (Lipinski definition) is 5. The number of nitrogens with zero attached hydrogens (tertiary/aromatic N) is 2. The van der Waals surface area contributed by atoms with Gasteiger partial charge in [0.25, 0.3) is 0 Å². The monoisotopic (exact) mass is 378 g/mol. The quantitative estimate of drug-likeness (QED) is 0.115. The molecule has 0 unspecified atom stereocenters. The molecule has 0 heterocycles. The average Bonchev–Trinajstić information content (AvgIpc) is 2.63. The standard InChI is InChI=1S/C20H30N2O5/c1-2-3-11-14-19(21(24)25)16-17-20(22(26)27)15-12-9-7-5-4-6-8-10-13-18-23/h4,6-7,9,15-16,18H,2-3,5,8,10-14,17H2,1H3/b6-4+,9-7+,19-16-,20-15-. The summed E-state index contributed by atoms with van der Waals surface area (Å²) in [6.07, 6.45) is 17.8. The Hall–Kier alpha value is -2.57. The van der Waals surface area contributed by atoms with Gasteiger partial charge >= 0.3 is 0 Å². The fourth-order valence-corrected chi connectivity index (χ4v) is 2.29. The van der Waals surface area contributed by atoms with Crippen molar-refractivity contribution in [1.29, 1.82) is 0 Å². The van der Waals surface area contributed by atoms with E-state index in [1.807, 2.05) is 31.2 Å². The number of carbonyl (C=O) groups excluding carboxylic acids is 1. The van der Waals surface area contributed by atoms with Crippen LogP contribution in [0.25, 0.3) is 0 Å². The van der Waals surface area contributed by atoms with Crippen molar-refractivity contribution in [2.24, 2.45) is 0 Å². The Kier molecular flexibility index (Phi) is 15.3. The lowest BCUT2D eigenvalue weighted by Gasteiger charge is -1.99. The van der Waals surface area contributed by atoms with Crippen LogP contribution >= 0.6 is 0 Å². The first-order valence-corrected chi connectivity index (χ1v) is 9.43.